The normalized spacial score (nSPS) is 13.0. The van der Waals surface area contributed by atoms with Crippen LogP contribution >= 0.6 is 0 Å². The smallest absolute Gasteiger partial charge is 0.164 e. The average molecular weight is 1280 g/mol. The van der Waals surface area contributed by atoms with Crippen LogP contribution in [-0.2, 0) is 10.8 Å². The van der Waals surface area contributed by atoms with Gasteiger partial charge in [-0.05, 0) is 127 Å². The van der Waals surface area contributed by atoms with E-state index in [1.807, 2.05) is 60.7 Å². The molecular weight excluding hydrogens is 1210 g/mol. The Morgan fingerprint density at radius 3 is 1.08 bits per heavy atom. The van der Waals surface area contributed by atoms with Crippen LogP contribution in [0.3, 0.4) is 0 Å². The second-order valence-electron chi connectivity index (χ2n) is 27.3. The lowest BCUT2D eigenvalue weighted by molar-refractivity contribution is 0.662. The third-order valence-electron chi connectivity index (χ3n) is 20.6. The maximum Gasteiger partial charge on any atom is 0.164 e. The zero-order valence-corrected chi connectivity index (χ0v) is 55.9. The van der Waals surface area contributed by atoms with Crippen LogP contribution in [0.2, 0.25) is 0 Å². The van der Waals surface area contributed by atoms with Gasteiger partial charge >= 0.3 is 0 Å². The summed E-state index contributed by atoms with van der Waals surface area (Å²) in [5, 5.41) is 9.83. The quantitative estimate of drug-likeness (QED) is 0.134. The zero-order valence-electron chi connectivity index (χ0n) is 55.9. The van der Waals surface area contributed by atoms with Crippen molar-refractivity contribution in [2.24, 2.45) is 0 Å². The summed E-state index contributed by atoms with van der Waals surface area (Å²) in [6, 6.07) is 116. The highest BCUT2D eigenvalue weighted by Gasteiger charge is 2.40. The van der Waals surface area contributed by atoms with Crippen molar-refractivity contribution in [1.82, 2.24) is 29.9 Å². The van der Waals surface area contributed by atoms with Crippen molar-refractivity contribution in [3.05, 3.63) is 350 Å². The fourth-order valence-electron chi connectivity index (χ4n) is 15.7. The highest BCUT2D eigenvalue weighted by atomic mass is 15.0. The second kappa shape index (κ2) is 24.2. The van der Waals surface area contributed by atoms with Crippen molar-refractivity contribution in [2.45, 2.75) is 38.5 Å². The summed E-state index contributed by atoms with van der Waals surface area (Å²) >= 11 is 0. The maximum atomic E-state index is 5.15. The van der Waals surface area contributed by atoms with Crippen LogP contribution in [0.25, 0.3) is 167 Å². The monoisotopic (exact) mass is 1280 g/mol. The molecule has 2 heterocycles. The minimum atomic E-state index is -0.162. The van der Waals surface area contributed by atoms with Gasteiger partial charge in [0.25, 0.3) is 0 Å². The highest BCUT2D eigenvalue weighted by molar-refractivity contribution is 6.18. The fraction of sp³-hybridized carbons (Fsp3) is 0.0638. The average Bonchev–Trinajstić information content (AvgIpc) is 1.52. The van der Waals surface area contributed by atoms with Crippen molar-refractivity contribution in [3.63, 3.8) is 0 Å². The van der Waals surface area contributed by atoms with E-state index >= 15 is 0 Å². The molecule has 6 heteroatoms. The highest BCUT2D eigenvalue weighted by Crippen LogP contribution is 2.56. The van der Waals surface area contributed by atoms with E-state index in [1.54, 1.807) is 0 Å². The lowest BCUT2D eigenvalue weighted by Crippen LogP contribution is -2.16. The molecular formula is C94H66N6. The van der Waals surface area contributed by atoms with Crippen molar-refractivity contribution >= 4 is 43.1 Å². The second-order valence-corrected chi connectivity index (χ2v) is 27.3. The van der Waals surface area contributed by atoms with Gasteiger partial charge in [0.1, 0.15) is 0 Å². The topological polar surface area (TPSA) is 77.3 Å². The van der Waals surface area contributed by atoms with Crippen molar-refractivity contribution in [1.29, 1.82) is 0 Å². The van der Waals surface area contributed by atoms with E-state index in [0.29, 0.717) is 34.9 Å². The molecule has 0 saturated heterocycles. The molecule has 2 aromatic heterocycles. The van der Waals surface area contributed by atoms with Gasteiger partial charge in [-0.2, -0.15) is 0 Å². The number of benzene rings is 15. The van der Waals surface area contributed by atoms with E-state index in [1.165, 1.54) is 88.3 Å². The van der Waals surface area contributed by atoms with Crippen LogP contribution in [0.15, 0.2) is 328 Å². The Kier molecular flexibility index (Phi) is 14.5. The van der Waals surface area contributed by atoms with E-state index in [2.05, 4.69) is 295 Å². The van der Waals surface area contributed by atoms with Gasteiger partial charge in [0.05, 0.1) is 0 Å². The number of aromatic nitrogens is 6. The van der Waals surface area contributed by atoms with Crippen molar-refractivity contribution in [2.75, 3.05) is 0 Å². The van der Waals surface area contributed by atoms with Crippen LogP contribution < -0.4 is 0 Å². The Balaban J connectivity index is 0.000000147. The molecule has 0 bridgehead atoms. The van der Waals surface area contributed by atoms with Gasteiger partial charge < -0.3 is 0 Å². The molecule has 0 spiro atoms. The molecule has 0 aliphatic heterocycles. The van der Waals surface area contributed by atoms with Gasteiger partial charge in [0, 0.05) is 44.2 Å². The summed E-state index contributed by atoms with van der Waals surface area (Å²) in [6.45, 7) is 9.45. The molecule has 100 heavy (non-hydrogen) atoms. The maximum absolute atomic E-state index is 5.15. The lowest BCUT2D eigenvalue weighted by atomic mass is 9.79. The van der Waals surface area contributed by atoms with E-state index in [0.717, 1.165) is 66.1 Å². The molecule has 0 atom stereocenters. The number of fused-ring (bicyclic) bond motifs is 13. The van der Waals surface area contributed by atoms with Crippen molar-refractivity contribution in [3.8, 4) is 124 Å². The number of hydrogen-bond acceptors (Lipinski definition) is 6. The van der Waals surface area contributed by atoms with Gasteiger partial charge in [0.2, 0.25) is 0 Å². The molecule has 17 aromatic rings. The first-order valence-electron chi connectivity index (χ1n) is 34.3. The van der Waals surface area contributed by atoms with Gasteiger partial charge in [-0.15, -0.1) is 0 Å². The third kappa shape index (κ3) is 10.3. The third-order valence-corrected chi connectivity index (χ3v) is 20.6. The first kappa shape index (κ1) is 59.8. The standard InChI is InChI=1S/C52H35N3.C42H31N3/c1-52(2)46-31-36(29-30-45(46)47-41-21-9-7-19-39(41)40-20-8-10-22-42(40)48(47)52)32-25-27-35(28-26-32)49-53-50(43-23-11-15-33-13-3-5-17-37(33)43)55-51(54-49)44-24-12-16-34-14-4-6-18-38(34)44;1-42(2)37-19-10-9-16-35(37)36-18-11-17-34(38(36)42)30-24-20-28(21-25-30)29-22-26-33(27-23-29)41-44-39(31-12-5-3-6-13-31)43-40(45-41)32-14-7-4-8-15-32/h3-31H,1-2H3;3-27H,1-2H3. The number of rotatable bonds is 9. The summed E-state index contributed by atoms with van der Waals surface area (Å²) in [5.74, 6) is 3.96. The molecule has 2 aliphatic carbocycles. The largest absolute Gasteiger partial charge is 0.208 e. The van der Waals surface area contributed by atoms with E-state index in [4.69, 9.17) is 29.9 Å². The van der Waals surface area contributed by atoms with Crippen LogP contribution in [0.1, 0.15) is 49.9 Å². The number of nitrogens with zero attached hydrogens (tertiary/aromatic N) is 6. The fourth-order valence-corrected chi connectivity index (χ4v) is 15.7. The minimum Gasteiger partial charge on any atom is -0.208 e. The Bertz CT molecular complexity index is 5890. The molecule has 472 valence electrons. The van der Waals surface area contributed by atoms with Crippen LogP contribution in [0, 0.1) is 0 Å². The summed E-state index contributed by atoms with van der Waals surface area (Å²) in [7, 11) is 0. The van der Waals surface area contributed by atoms with Gasteiger partial charge in [-0.1, -0.05) is 349 Å². The first-order valence-corrected chi connectivity index (χ1v) is 34.3. The van der Waals surface area contributed by atoms with Crippen LogP contribution in [0.4, 0.5) is 0 Å². The molecule has 0 N–H and O–H groups in total. The summed E-state index contributed by atoms with van der Waals surface area (Å²) in [5.41, 5.74) is 23.8. The van der Waals surface area contributed by atoms with Gasteiger partial charge in [0.15, 0.2) is 34.9 Å². The zero-order chi connectivity index (χ0) is 67.1. The van der Waals surface area contributed by atoms with Crippen molar-refractivity contribution < 1.29 is 0 Å². The molecule has 0 unspecified atom stereocenters. The van der Waals surface area contributed by atoms with Gasteiger partial charge in [-0.3, -0.25) is 0 Å². The molecule has 0 radical (unpaired) electrons. The van der Waals surface area contributed by atoms with Gasteiger partial charge in [-0.25, -0.2) is 29.9 Å². The Morgan fingerprint density at radius 1 is 0.190 bits per heavy atom. The SMILES string of the molecule is CC1(C)c2cc(-c3ccc(-c4nc(-c5cccc6ccccc56)nc(-c5cccc6ccccc56)n4)cc3)ccc2-c2c1c1ccccc1c1ccccc21.CC1(C)c2ccccc2-c2cccc(-c3ccc(-c4ccc(-c5nc(-c6ccccc6)nc(-c6ccccc6)n5)cc4)cc3)c21. The predicted molar refractivity (Wildman–Crippen MR) is 414 cm³/mol. The van der Waals surface area contributed by atoms with Crippen LogP contribution in [-0.4, -0.2) is 29.9 Å². The Hall–Kier alpha value is -12.6. The molecule has 19 rings (SSSR count). The van der Waals surface area contributed by atoms with E-state index in [-0.39, 0.29) is 10.8 Å². The first-order chi connectivity index (χ1) is 49.1. The Labute approximate surface area is 581 Å². The molecule has 2 aliphatic rings. The van der Waals surface area contributed by atoms with E-state index < -0.39 is 0 Å². The molecule has 0 fully saturated rings. The molecule has 15 aromatic carbocycles. The number of hydrogen-bond donors (Lipinski definition) is 0. The summed E-state index contributed by atoms with van der Waals surface area (Å²) in [6.07, 6.45) is 0. The summed E-state index contributed by atoms with van der Waals surface area (Å²) < 4.78 is 0. The molecule has 0 amide bonds. The summed E-state index contributed by atoms with van der Waals surface area (Å²) in [4.78, 5) is 30.0. The minimum absolute atomic E-state index is 0.0488. The van der Waals surface area contributed by atoms with E-state index in [9.17, 15) is 0 Å². The molecule has 6 nitrogen and oxygen atoms in total. The Morgan fingerprint density at radius 2 is 0.530 bits per heavy atom. The van der Waals surface area contributed by atoms with Crippen LogP contribution in [0.5, 0.6) is 0 Å². The molecule has 0 saturated carbocycles. The lowest BCUT2D eigenvalue weighted by Gasteiger charge is -2.24. The predicted octanol–water partition coefficient (Wildman–Crippen LogP) is 24.0.